The van der Waals surface area contributed by atoms with E-state index in [-0.39, 0.29) is 5.91 Å². The van der Waals surface area contributed by atoms with Crippen molar-refractivity contribution in [1.29, 1.82) is 0 Å². The molecule has 2 aromatic heterocycles. The van der Waals surface area contributed by atoms with Crippen molar-refractivity contribution in [2.24, 2.45) is 5.92 Å². The lowest BCUT2D eigenvalue weighted by Gasteiger charge is -2.17. The molecule has 0 atom stereocenters. The number of carbonyl (C=O) groups excluding carboxylic acids is 1. The van der Waals surface area contributed by atoms with E-state index in [0.29, 0.717) is 37.0 Å². The maximum absolute atomic E-state index is 12.0. The minimum Gasteiger partial charge on any atom is -0.350 e. The third-order valence-electron chi connectivity index (χ3n) is 4.58. The minimum atomic E-state index is 0.144. The van der Waals surface area contributed by atoms with Crippen molar-refractivity contribution in [3.8, 4) is 11.6 Å². The molecule has 6 nitrogen and oxygen atoms in total. The summed E-state index contributed by atoms with van der Waals surface area (Å²) in [6.07, 6.45) is 1.13. The molecule has 3 rings (SSSR count). The van der Waals surface area contributed by atoms with Crippen LogP contribution in [0.5, 0.6) is 0 Å². The Hall–Kier alpha value is -2.63. The molecular formula is C20H26N4O2. The zero-order chi connectivity index (χ0) is 18.8. The molecule has 3 aromatic rings. The van der Waals surface area contributed by atoms with Crippen molar-refractivity contribution >= 4 is 16.8 Å². The van der Waals surface area contributed by atoms with E-state index < -0.39 is 0 Å². The molecule has 2 heterocycles. The summed E-state index contributed by atoms with van der Waals surface area (Å²) in [5.41, 5.74) is 4.23. The van der Waals surface area contributed by atoms with E-state index in [2.05, 4.69) is 47.2 Å². The number of aromatic nitrogens is 3. The Labute approximate surface area is 153 Å². The van der Waals surface area contributed by atoms with Gasteiger partial charge in [0.05, 0.1) is 0 Å². The molecule has 0 aliphatic carbocycles. The standard InChI is InChI=1S/C20H26N4O2/c1-12(2)10-18(25)24(5)9-8-17-22-20(26-23-17)19-14(4)15-11-13(3)6-7-16(15)21-19/h6-7,11-12,21H,8-10H2,1-5H3. The van der Waals surface area contributed by atoms with Crippen LogP contribution in [0.2, 0.25) is 0 Å². The average Bonchev–Trinajstić information content (AvgIpc) is 3.17. The lowest BCUT2D eigenvalue weighted by atomic mass is 10.1. The van der Waals surface area contributed by atoms with Gasteiger partial charge in [0.25, 0.3) is 5.89 Å². The average molecular weight is 354 g/mol. The molecule has 1 amide bonds. The van der Waals surface area contributed by atoms with Gasteiger partial charge in [0.1, 0.15) is 5.69 Å². The zero-order valence-electron chi connectivity index (χ0n) is 16.1. The van der Waals surface area contributed by atoms with Crippen LogP contribution in [0.1, 0.15) is 37.2 Å². The Morgan fingerprint density at radius 2 is 2.08 bits per heavy atom. The van der Waals surface area contributed by atoms with E-state index in [1.165, 1.54) is 10.9 Å². The quantitative estimate of drug-likeness (QED) is 0.729. The number of rotatable bonds is 6. The zero-order valence-corrected chi connectivity index (χ0v) is 16.1. The van der Waals surface area contributed by atoms with Crippen LogP contribution in [0.4, 0.5) is 0 Å². The number of benzene rings is 1. The summed E-state index contributed by atoms with van der Waals surface area (Å²) in [6.45, 7) is 8.79. The van der Waals surface area contributed by atoms with Gasteiger partial charge in [-0.05, 0) is 37.5 Å². The van der Waals surface area contributed by atoms with E-state index in [1.807, 2.05) is 20.9 Å². The largest absolute Gasteiger partial charge is 0.350 e. The third-order valence-corrected chi connectivity index (χ3v) is 4.58. The molecule has 0 saturated heterocycles. The molecule has 0 radical (unpaired) electrons. The van der Waals surface area contributed by atoms with Crippen LogP contribution in [0.15, 0.2) is 22.7 Å². The number of nitrogens with zero attached hydrogens (tertiary/aromatic N) is 3. The van der Waals surface area contributed by atoms with E-state index >= 15 is 0 Å². The number of amides is 1. The number of hydrogen-bond acceptors (Lipinski definition) is 4. The normalized spacial score (nSPS) is 11.5. The van der Waals surface area contributed by atoms with Gasteiger partial charge in [-0.25, -0.2) is 0 Å². The fourth-order valence-corrected chi connectivity index (χ4v) is 3.01. The van der Waals surface area contributed by atoms with Gasteiger partial charge < -0.3 is 14.4 Å². The number of nitrogens with one attached hydrogen (secondary N) is 1. The van der Waals surface area contributed by atoms with Crippen molar-refractivity contribution in [1.82, 2.24) is 20.0 Å². The molecular weight excluding hydrogens is 328 g/mol. The monoisotopic (exact) mass is 354 g/mol. The van der Waals surface area contributed by atoms with Gasteiger partial charge in [-0.3, -0.25) is 4.79 Å². The number of likely N-dealkylation sites (N-methyl/N-ethyl adjacent to an activating group) is 1. The lowest BCUT2D eigenvalue weighted by Crippen LogP contribution is -2.29. The lowest BCUT2D eigenvalue weighted by molar-refractivity contribution is -0.130. The summed E-state index contributed by atoms with van der Waals surface area (Å²) in [5.74, 6) is 1.60. The second-order valence-electron chi connectivity index (χ2n) is 7.35. The first-order chi connectivity index (χ1) is 12.3. The topological polar surface area (TPSA) is 75.0 Å². The van der Waals surface area contributed by atoms with Crippen LogP contribution < -0.4 is 0 Å². The van der Waals surface area contributed by atoms with Crippen molar-refractivity contribution in [2.45, 2.75) is 40.5 Å². The summed E-state index contributed by atoms with van der Waals surface area (Å²) in [7, 11) is 1.82. The fraction of sp³-hybridized carbons (Fsp3) is 0.450. The Kier molecular flexibility index (Phi) is 5.11. The third kappa shape index (κ3) is 3.79. The van der Waals surface area contributed by atoms with E-state index in [9.17, 15) is 4.79 Å². The number of fused-ring (bicyclic) bond motifs is 1. The second-order valence-corrected chi connectivity index (χ2v) is 7.35. The van der Waals surface area contributed by atoms with Gasteiger partial charge in [0, 0.05) is 37.3 Å². The number of hydrogen-bond donors (Lipinski definition) is 1. The van der Waals surface area contributed by atoms with Crippen LogP contribution in [0.25, 0.3) is 22.5 Å². The van der Waals surface area contributed by atoms with Crippen molar-refractivity contribution in [3.63, 3.8) is 0 Å². The van der Waals surface area contributed by atoms with Crippen LogP contribution in [-0.2, 0) is 11.2 Å². The predicted octanol–water partition coefficient (Wildman–Crippen LogP) is 3.88. The molecule has 1 N–H and O–H groups in total. The summed E-state index contributed by atoms with van der Waals surface area (Å²) >= 11 is 0. The molecule has 0 saturated carbocycles. The highest BCUT2D eigenvalue weighted by Gasteiger charge is 2.17. The Balaban J connectivity index is 1.72. The summed E-state index contributed by atoms with van der Waals surface area (Å²) in [4.78, 5) is 21.6. The number of H-pyrrole nitrogens is 1. The first-order valence-electron chi connectivity index (χ1n) is 9.01. The second kappa shape index (κ2) is 7.32. The Morgan fingerprint density at radius 1 is 1.31 bits per heavy atom. The van der Waals surface area contributed by atoms with Crippen molar-refractivity contribution in [3.05, 3.63) is 35.2 Å². The summed E-state index contributed by atoms with van der Waals surface area (Å²) in [5, 5.41) is 5.24. The maximum Gasteiger partial charge on any atom is 0.274 e. The van der Waals surface area contributed by atoms with Gasteiger partial charge >= 0.3 is 0 Å². The van der Waals surface area contributed by atoms with E-state index in [1.54, 1.807) is 4.90 Å². The smallest absolute Gasteiger partial charge is 0.274 e. The highest BCUT2D eigenvalue weighted by atomic mass is 16.5. The number of aryl methyl sites for hydroxylation is 2. The molecule has 1 aromatic carbocycles. The molecule has 138 valence electrons. The van der Waals surface area contributed by atoms with Gasteiger partial charge in [-0.15, -0.1) is 0 Å². The molecule has 0 spiro atoms. The predicted molar refractivity (Wildman–Crippen MR) is 102 cm³/mol. The van der Waals surface area contributed by atoms with Gasteiger partial charge in [-0.2, -0.15) is 4.98 Å². The van der Waals surface area contributed by atoms with Crippen LogP contribution in [-0.4, -0.2) is 39.5 Å². The van der Waals surface area contributed by atoms with Crippen LogP contribution in [0, 0.1) is 19.8 Å². The fourth-order valence-electron chi connectivity index (χ4n) is 3.01. The number of carbonyl (C=O) groups is 1. The molecule has 0 fully saturated rings. The molecule has 0 aliphatic rings. The van der Waals surface area contributed by atoms with Gasteiger partial charge in [0.15, 0.2) is 5.82 Å². The van der Waals surface area contributed by atoms with Crippen LogP contribution >= 0.6 is 0 Å². The first kappa shape index (κ1) is 18.2. The summed E-state index contributed by atoms with van der Waals surface area (Å²) < 4.78 is 5.45. The van der Waals surface area contributed by atoms with Gasteiger partial charge in [-0.1, -0.05) is 30.6 Å². The summed E-state index contributed by atoms with van der Waals surface area (Å²) in [6, 6.07) is 6.29. The minimum absolute atomic E-state index is 0.144. The maximum atomic E-state index is 12.0. The highest BCUT2D eigenvalue weighted by molar-refractivity contribution is 5.89. The van der Waals surface area contributed by atoms with E-state index in [4.69, 9.17) is 4.52 Å². The number of aromatic amines is 1. The molecule has 0 unspecified atom stereocenters. The van der Waals surface area contributed by atoms with Crippen LogP contribution in [0.3, 0.4) is 0 Å². The van der Waals surface area contributed by atoms with Crippen molar-refractivity contribution in [2.75, 3.05) is 13.6 Å². The molecule has 0 bridgehead atoms. The van der Waals surface area contributed by atoms with E-state index in [0.717, 1.165) is 16.8 Å². The SMILES string of the molecule is Cc1ccc2[nH]c(-c3nc(CCN(C)C(=O)CC(C)C)no3)c(C)c2c1. The molecule has 0 aliphatic heterocycles. The Bertz CT molecular complexity index is 923. The first-order valence-corrected chi connectivity index (χ1v) is 9.01. The highest BCUT2D eigenvalue weighted by Crippen LogP contribution is 2.29. The van der Waals surface area contributed by atoms with Gasteiger partial charge in [0.2, 0.25) is 5.91 Å². The Morgan fingerprint density at radius 3 is 2.81 bits per heavy atom. The molecule has 26 heavy (non-hydrogen) atoms. The molecule has 6 heteroatoms. The van der Waals surface area contributed by atoms with Crippen molar-refractivity contribution < 1.29 is 9.32 Å².